The molecule has 1 aromatic rings. The molecule has 0 bridgehead atoms. The van der Waals surface area contributed by atoms with Crippen molar-refractivity contribution in [2.24, 2.45) is 0 Å². The molecule has 8 heteroatoms. The molecular formula is C25H36N2O6. The van der Waals surface area contributed by atoms with Crippen LogP contribution in [0.25, 0.3) is 6.08 Å². The highest BCUT2D eigenvalue weighted by Gasteiger charge is 2.38. The number of rotatable bonds is 10. The molecule has 1 saturated carbocycles. The smallest absolute Gasteiger partial charge is 0.331 e. The monoisotopic (exact) mass is 460 g/mol. The summed E-state index contributed by atoms with van der Waals surface area (Å²) in [6, 6.07) is 5.38. The van der Waals surface area contributed by atoms with Gasteiger partial charge in [-0.25, -0.2) is 4.79 Å². The van der Waals surface area contributed by atoms with Gasteiger partial charge in [-0.2, -0.15) is 0 Å². The Morgan fingerprint density at radius 3 is 2.61 bits per heavy atom. The van der Waals surface area contributed by atoms with Crippen molar-refractivity contribution >= 4 is 18.0 Å². The third-order valence-electron chi connectivity index (χ3n) is 6.33. The van der Waals surface area contributed by atoms with Crippen molar-refractivity contribution in [3.05, 3.63) is 29.8 Å². The molecule has 33 heavy (non-hydrogen) atoms. The molecule has 1 aliphatic carbocycles. The Kier molecular flexibility index (Phi) is 9.57. The molecule has 1 aromatic carbocycles. The number of benzene rings is 1. The molecule has 0 aromatic heterocycles. The fourth-order valence-electron chi connectivity index (χ4n) is 4.58. The van der Waals surface area contributed by atoms with Crippen LogP contribution in [0.15, 0.2) is 24.3 Å². The lowest BCUT2D eigenvalue weighted by molar-refractivity contribution is -0.144. The van der Waals surface area contributed by atoms with E-state index in [-0.39, 0.29) is 18.1 Å². The fourth-order valence-corrected chi connectivity index (χ4v) is 4.58. The van der Waals surface area contributed by atoms with E-state index >= 15 is 0 Å². The van der Waals surface area contributed by atoms with Gasteiger partial charge >= 0.3 is 5.97 Å². The highest BCUT2D eigenvalue weighted by molar-refractivity contribution is 5.89. The Hall–Kier alpha value is -2.58. The topological polar surface area (TPSA) is 86.3 Å². The first-order chi connectivity index (χ1) is 16.1. The zero-order chi connectivity index (χ0) is 23.5. The number of esters is 1. The van der Waals surface area contributed by atoms with Crippen LogP contribution < -0.4 is 14.8 Å². The van der Waals surface area contributed by atoms with Crippen LogP contribution in [0.4, 0.5) is 0 Å². The second-order valence-electron chi connectivity index (χ2n) is 8.45. The summed E-state index contributed by atoms with van der Waals surface area (Å²) in [6.45, 7) is 5.97. The lowest BCUT2D eigenvalue weighted by Gasteiger charge is -2.48. The van der Waals surface area contributed by atoms with Crippen LogP contribution >= 0.6 is 0 Å². The molecule has 1 N–H and O–H groups in total. The predicted molar refractivity (Wildman–Crippen MR) is 125 cm³/mol. The maximum absolute atomic E-state index is 12.4. The summed E-state index contributed by atoms with van der Waals surface area (Å²) < 4.78 is 21.4. The lowest BCUT2D eigenvalue weighted by Crippen LogP contribution is -2.59. The van der Waals surface area contributed by atoms with Crippen LogP contribution in [0, 0.1) is 0 Å². The average molecular weight is 461 g/mol. The minimum atomic E-state index is -0.571. The molecule has 182 valence electrons. The molecule has 1 aliphatic heterocycles. The van der Waals surface area contributed by atoms with E-state index < -0.39 is 5.97 Å². The highest BCUT2D eigenvalue weighted by atomic mass is 16.5. The van der Waals surface area contributed by atoms with Gasteiger partial charge in [0.05, 0.1) is 26.9 Å². The van der Waals surface area contributed by atoms with Crippen LogP contribution in [-0.2, 0) is 19.1 Å². The Labute approximate surface area is 196 Å². The number of methoxy groups -OCH3 is 1. The predicted octanol–water partition coefficient (Wildman–Crippen LogP) is 2.80. The van der Waals surface area contributed by atoms with Gasteiger partial charge in [-0.05, 0) is 43.5 Å². The van der Waals surface area contributed by atoms with E-state index in [0.717, 1.165) is 44.7 Å². The van der Waals surface area contributed by atoms with E-state index in [9.17, 15) is 9.59 Å². The SMILES string of the molecule is CCOc1ccc(/C=C/C(=O)OCC(=O)NCC2(N3CCOCC3)CCCCC2)cc1OC. The van der Waals surface area contributed by atoms with Gasteiger partial charge in [-0.15, -0.1) is 0 Å². The summed E-state index contributed by atoms with van der Waals surface area (Å²) >= 11 is 0. The second kappa shape index (κ2) is 12.6. The number of ether oxygens (including phenoxy) is 4. The number of hydrogen-bond donors (Lipinski definition) is 1. The molecule has 1 amide bonds. The fraction of sp³-hybridized carbons (Fsp3) is 0.600. The van der Waals surface area contributed by atoms with Crippen LogP contribution in [0.5, 0.6) is 11.5 Å². The van der Waals surface area contributed by atoms with E-state index in [1.807, 2.05) is 13.0 Å². The largest absolute Gasteiger partial charge is 0.493 e. The molecular weight excluding hydrogens is 424 g/mol. The molecule has 1 heterocycles. The highest BCUT2D eigenvalue weighted by Crippen LogP contribution is 2.34. The van der Waals surface area contributed by atoms with Crippen LogP contribution in [0.3, 0.4) is 0 Å². The van der Waals surface area contributed by atoms with E-state index in [1.165, 1.54) is 25.3 Å². The molecule has 0 unspecified atom stereocenters. The molecule has 0 atom stereocenters. The zero-order valence-corrected chi connectivity index (χ0v) is 19.8. The quantitative estimate of drug-likeness (QED) is 0.424. The first-order valence-corrected chi connectivity index (χ1v) is 11.8. The van der Waals surface area contributed by atoms with E-state index in [2.05, 4.69) is 10.2 Å². The Bertz CT molecular complexity index is 813. The minimum Gasteiger partial charge on any atom is -0.493 e. The summed E-state index contributed by atoms with van der Waals surface area (Å²) in [5.74, 6) is 0.379. The molecule has 0 radical (unpaired) electrons. The van der Waals surface area contributed by atoms with E-state index in [0.29, 0.717) is 24.7 Å². The van der Waals surface area contributed by atoms with Crippen molar-refractivity contribution in [3.63, 3.8) is 0 Å². The van der Waals surface area contributed by atoms with Crippen molar-refractivity contribution in [3.8, 4) is 11.5 Å². The van der Waals surface area contributed by atoms with Crippen LogP contribution in [-0.4, -0.2) is 75.5 Å². The van der Waals surface area contributed by atoms with Crippen molar-refractivity contribution in [2.45, 2.75) is 44.6 Å². The number of carbonyl (C=O) groups is 2. The normalized spacial score (nSPS) is 18.6. The summed E-state index contributed by atoms with van der Waals surface area (Å²) in [7, 11) is 1.56. The summed E-state index contributed by atoms with van der Waals surface area (Å²) in [5, 5.41) is 3.00. The van der Waals surface area contributed by atoms with Crippen molar-refractivity contribution < 1.29 is 28.5 Å². The van der Waals surface area contributed by atoms with Crippen molar-refractivity contribution in [2.75, 3.05) is 53.2 Å². The van der Waals surface area contributed by atoms with Gasteiger partial charge in [-0.3, -0.25) is 9.69 Å². The second-order valence-corrected chi connectivity index (χ2v) is 8.45. The molecule has 3 rings (SSSR count). The van der Waals surface area contributed by atoms with Crippen LogP contribution in [0.1, 0.15) is 44.6 Å². The van der Waals surface area contributed by atoms with Gasteiger partial charge in [0.2, 0.25) is 0 Å². The molecule has 2 fully saturated rings. The van der Waals surface area contributed by atoms with Gasteiger partial charge in [0, 0.05) is 31.2 Å². The number of nitrogens with one attached hydrogen (secondary N) is 1. The standard InChI is InChI=1S/C25H36N2O6/c1-3-32-21-9-7-20(17-22(21)30-2)8-10-24(29)33-18-23(28)26-19-25(11-5-4-6-12-25)27-13-15-31-16-14-27/h7-10,17H,3-6,11-16,18-19H2,1-2H3,(H,26,28)/b10-8+. The number of nitrogens with zero attached hydrogens (tertiary/aromatic N) is 1. The maximum Gasteiger partial charge on any atom is 0.331 e. The maximum atomic E-state index is 12.4. The number of morpholine rings is 1. The molecule has 8 nitrogen and oxygen atoms in total. The number of amides is 1. The Morgan fingerprint density at radius 2 is 1.91 bits per heavy atom. The van der Waals surface area contributed by atoms with Crippen molar-refractivity contribution in [1.29, 1.82) is 0 Å². The van der Waals surface area contributed by atoms with E-state index in [1.54, 1.807) is 25.3 Å². The Morgan fingerprint density at radius 1 is 1.15 bits per heavy atom. The minimum absolute atomic E-state index is 0.0195. The number of hydrogen-bond acceptors (Lipinski definition) is 7. The third kappa shape index (κ3) is 7.20. The summed E-state index contributed by atoms with van der Waals surface area (Å²) in [4.78, 5) is 26.9. The van der Waals surface area contributed by atoms with Crippen LogP contribution in [0.2, 0.25) is 0 Å². The first-order valence-electron chi connectivity index (χ1n) is 11.8. The number of carbonyl (C=O) groups excluding carboxylic acids is 2. The lowest BCUT2D eigenvalue weighted by atomic mass is 9.79. The molecule has 0 spiro atoms. The average Bonchev–Trinajstić information content (AvgIpc) is 2.86. The first kappa shape index (κ1) is 25.1. The van der Waals surface area contributed by atoms with Gasteiger partial charge < -0.3 is 24.3 Å². The molecule has 1 saturated heterocycles. The molecule has 2 aliphatic rings. The van der Waals surface area contributed by atoms with E-state index in [4.69, 9.17) is 18.9 Å². The zero-order valence-electron chi connectivity index (χ0n) is 19.8. The third-order valence-corrected chi connectivity index (χ3v) is 6.33. The van der Waals surface area contributed by atoms with Gasteiger partial charge in [0.15, 0.2) is 18.1 Å². The van der Waals surface area contributed by atoms with Crippen molar-refractivity contribution in [1.82, 2.24) is 10.2 Å². The summed E-state index contributed by atoms with van der Waals surface area (Å²) in [6.07, 6.45) is 8.65. The van der Waals surface area contributed by atoms with Gasteiger partial charge in [0.1, 0.15) is 0 Å². The Balaban J connectivity index is 1.47. The van der Waals surface area contributed by atoms with Gasteiger partial charge in [-0.1, -0.05) is 25.3 Å². The van der Waals surface area contributed by atoms with Gasteiger partial charge in [0.25, 0.3) is 5.91 Å². The summed E-state index contributed by atoms with van der Waals surface area (Å²) in [5.41, 5.74) is 0.746.